The molecule has 0 bridgehead atoms. The average molecular weight is 398 g/mol. The summed E-state index contributed by atoms with van der Waals surface area (Å²) < 4.78 is 54.0. The summed E-state index contributed by atoms with van der Waals surface area (Å²) in [6, 6.07) is 5.07. The zero-order valence-electron chi connectivity index (χ0n) is 15.1. The van der Waals surface area contributed by atoms with Crippen molar-refractivity contribution in [2.75, 3.05) is 13.1 Å². The van der Waals surface area contributed by atoms with Crippen molar-refractivity contribution in [2.24, 2.45) is 7.05 Å². The monoisotopic (exact) mass is 397 g/mol. The van der Waals surface area contributed by atoms with E-state index in [0.29, 0.717) is 0 Å². The van der Waals surface area contributed by atoms with E-state index in [1.165, 1.54) is 15.1 Å². The Bertz CT molecular complexity index is 1020. The van der Waals surface area contributed by atoms with Gasteiger partial charge in [0.15, 0.2) is 0 Å². The maximum absolute atomic E-state index is 12.8. The number of sulfonamides is 1. The van der Waals surface area contributed by atoms with E-state index < -0.39 is 25.1 Å². The Balaban J connectivity index is 1.78. The lowest BCUT2D eigenvalue weighted by atomic mass is 10.1. The molecule has 7 nitrogen and oxygen atoms in total. The van der Waals surface area contributed by atoms with Gasteiger partial charge in [0.25, 0.3) is 0 Å². The van der Waals surface area contributed by atoms with Crippen molar-refractivity contribution >= 4 is 19.9 Å². The Labute approximate surface area is 154 Å². The minimum absolute atomic E-state index is 0.0352. The molecule has 0 saturated carbocycles. The van der Waals surface area contributed by atoms with Gasteiger partial charge in [0, 0.05) is 32.5 Å². The minimum Gasteiger partial charge on any atom is -0.325 e. The fraction of sp³-hybridized carbons (Fsp3) is 0.471. The smallest absolute Gasteiger partial charge is 0.243 e. The fourth-order valence-electron chi connectivity index (χ4n) is 3.18. The molecule has 1 fully saturated rings. The van der Waals surface area contributed by atoms with E-state index in [0.717, 1.165) is 11.1 Å². The number of benzene rings is 1. The number of imidazole rings is 1. The first-order chi connectivity index (χ1) is 12.1. The van der Waals surface area contributed by atoms with Gasteiger partial charge in [-0.1, -0.05) is 6.07 Å². The Kier molecular flexibility index (Phi) is 4.98. The molecule has 0 amide bonds. The fourth-order valence-corrected chi connectivity index (χ4v) is 6.54. The summed E-state index contributed by atoms with van der Waals surface area (Å²) in [6.45, 7) is 4.17. The highest BCUT2D eigenvalue weighted by atomic mass is 32.2. The molecule has 3 rings (SSSR count). The maximum atomic E-state index is 12.8. The number of rotatable bonds is 4. The van der Waals surface area contributed by atoms with Crippen LogP contribution in [-0.2, 0) is 26.9 Å². The number of sulfone groups is 1. The van der Waals surface area contributed by atoms with Crippen molar-refractivity contribution in [3.63, 3.8) is 0 Å². The second kappa shape index (κ2) is 6.79. The maximum Gasteiger partial charge on any atom is 0.243 e. The topological polar surface area (TPSA) is 89.3 Å². The average Bonchev–Trinajstić information content (AvgIpc) is 3.04. The number of hydrogen-bond donors (Lipinski definition) is 0. The van der Waals surface area contributed by atoms with Crippen molar-refractivity contribution < 1.29 is 16.8 Å². The van der Waals surface area contributed by atoms with Crippen molar-refractivity contribution in [2.45, 2.75) is 42.0 Å². The second-order valence-corrected chi connectivity index (χ2v) is 10.8. The lowest BCUT2D eigenvalue weighted by Gasteiger charge is -2.30. The van der Waals surface area contributed by atoms with Gasteiger partial charge in [0.1, 0.15) is 0 Å². The van der Waals surface area contributed by atoms with Crippen LogP contribution >= 0.6 is 0 Å². The SMILES string of the molecule is Cc1ccc(S(=O)(=O)N2CCC(S(=O)(=O)c3nccn3C)CC2)cc1C. The van der Waals surface area contributed by atoms with E-state index in [2.05, 4.69) is 4.98 Å². The summed E-state index contributed by atoms with van der Waals surface area (Å²) in [5.41, 5.74) is 1.95. The van der Waals surface area contributed by atoms with Gasteiger partial charge in [-0.25, -0.2) is 21.8 Å². The third kappa shape index (κ3) is 3.30. The molecule has 1 aliphatic rings. The molecule has 0 aliphatic carbocycles. The first-order valence-electron chi connectivity index (χ1n) is 8.42. The van der Waals surface area contributed by atoms with Gasteiger partial charge < -0.3 is 4.57 Å². The number of aromatic nitrogens is 2. The largest absolute Gasteiger partial charge is 0.325 e. The summed E-state index contributed by atoms with van der Waals surface area (Å²) >= 11 is 0. The van der Waals surface area contributed by atoms with Crippen LogP contribution in [0, 0.1) is 13.8 Å². The summed E-state index contributed by atoms with van der Waals surface area (Å²) in [4.78, 5) is 4.19. The van der Waals surface area contributed by atoms with Crippen molar-refractivity contribution in [1.29, 1.82) is 0 Å². The van der Waals surface area contributed by atoms with Gasteiger partial charge in [-0.05, 0) is 49.9 Å². The van der Waals surface area contributed by atoms with Crippen LogP contribution in [0.1, 0.15) is 24.0 Å². The van der Waals surface area contributed by atoms with E-state index >= 15 is 0 Å². The van der Waals surface area contributed by atoms with Crippen LogP contribution in [0.4, 0.5) is 0 Å². The number of nitrogens with zero attached hydrogens (tertiary/aromatic N) is 3. The van der Waals surface area contributed by atoms with Gasteiger partial charge in [-0.3, -0.25) is 0 Å². The lowest BCUT2D eigenvalue weighted by Crippen LogP contribution is -2.42. The van der Waals surface area contributed by atoms with E-state index in [1.807, 2.05) is 13.8 Å². The molecular weight excluding hydrogens is 374 g/mol. The third-order valence-corrected chi connectivity index (χ3v) is 9.13. The van der Waals surface area contributed by atoms with Gasteiger partial charge in [-0.2, -0.15) is 4.31 Å². The van der Waals surface area contributed by atoms with Crippen molar-refractivity contribution in [3.8, 4) is 0 Å². The molecule has 0 N–H and O–H groups in total. The van der Waals surface area contributed by atoms with E-state index in [1.54, 1.807) is 31.4 Å². The molecule has 1 saturated heterocycles. The lowest BCUT2D eigenvalue weighted by molar-refractivity contribution is 0.345. The summed E-state index contributed by atoms with van der Waals surface area (Å²) in [6.07, 6.45) is 3.57. The summed E-state index contributed by atoms with van der Waals surface area (Å²) in [5.74, 6) is 0. The number of hydrogen-bond acceptors (Lipinski definition) is 5. The van der Waals surface area contributed by atoms with Gasteiger partial charge in [-0.15, -0.1) is 0 Å². The van der Waals surface area contributed by atoms with Crippen molar-refractivity contribution in [1.82, 2.24) is 13.9 Å². The zero-order valence-corrected chi connectivity index (χ0v) is 16.7. The van der Waals surface area contributed by atoms with Crippen LogP contribution in [0.5, 0.6) is 0 Å². The molecule has 1 aromatic carbocycles. The van der Waals surface area contributed by atoms with Crippen LogP contribution < -0.4 is 0 Å². The second-order valence-electron chi connectivity index (χ2n) is 6.72. The van der Waals surface area contributed by atoms with Crippen LogP contribution in [0.2, 0.25) is 0 Å². The quantitative estimate of drug-likeness (QED) is 0.783. The molecule has 0 unspecified atom stereocenters. The molecule has 0 radical (unpaired) electrons. The van der Waals surface area contributed by atoms with Crippen LogP contribution in [0.25, 0.3) is 0 Å². The molecule has 142 valence electrons. The van der Waals surface area contributed by atoms with E-state index in [-0.39, 0.29) is 36.0 Å². The van der Waals surface area contributed by atoms with Gasteiger partial charge >= 0.3 is 0 Å². The molecular formula is C17H23N3O4S2. The molecule has 0 atom stereocenters. The Morgan fingerprint density at radius 1 is 1.04 bits per heavy atom. The normalized spacial score (nSPS) is 17.5. The third-order valence-electron chi connectivity index (χ3n) is 4.99. The van der Waals surface area contributed by atoms with Gasteiger partial charge in [0.2, 0.25) is 25.0 Å². The van der Waals surface area contributed by atoms with Crippen molar-refractivity contribution in [3.05, 3.63) is 41.7 Å². The van der Waals surface area contributed by atoms with E-state index in [4.69, 9.17) is 0 Å². The summed E-state index contributed by atoms with van der Waals surface area (Å²) in [7, 11) is -5.54. The Morgan fingerprint density at radius 3 is 2.23 bits per heavy atom. The van der Waals surface area contributed by atoms with Crippen LogP contribution in [0.3, 0.4) is 0 Å². The van der Waals surface area contributed by atoms with Crippen LogP contribution in [0.15, 0.2) is 40.6 Å². The first-order valence-corrected chi connectivity index (χ1v) is 11.4. The molecule has 9 heteroatoms. The predicted molar refractivity (Wildman–Crippen MR) is 98.1 cm³/mol. The standard InChI is InChI=1S/C17H23N3O4S2/c1-13-4-5-16(12-14(13)2)26(23,24)20-9-6-15(7-10-20)25(21,22)17-18-8-11-19(17)3/h4-5,8,11-12,15H,6-7,9-10H2,1-3H3. The van der Waals surface area contributed by atoms with E-state index in [9.17, 15) is 16.8 Å². The molecule has 2 heterocycles. The minimum atomic E-state index is -3.61. The summed E-state index contributed by atoms with van der Waals surface area (Å²) in [5, 5.41) is -0.581. The molecule has 2 aromatic rings. The first kappa shape index (κ1) is 19.1. The van der Waals surface area contributed by atoms with Crippen LogP contribution in [-0.4, -0.2) is 49.0 Å². The Morgan fingerprint density at radius 2 is 1.69 bits per heavy atom. The predicted octanol–water partition coefficient (Wildman–Crippen LogP) is 1.66. The Hall–Kier alpha value is -1.71. The van der Waals surface area contributed by atoms with Gasteiger partial charge in [0.05, 0.1) is 10.1 Å². The number of aryl methyl sites for hydroxylation is 3. The zero-order chi connectivity index (χ0) is 19.1. The highest BCUT2D eigenvalue weighted by Gasteiger charge is 2.37. The molecule has 0 spiro atoms. The number of piperidine rings is 1. The highest BCUT2D eigenvalue weighted by Crippen LogP contribution is 2.27. The molecule has 26 heavy (non-hydrogen) atoms. The molecule has 1 aromatic heterocycles. The highest BCUT2D eigenvalue weighted by molar-refractivity contribution is 7.92. The molecule has 1 aliphatic heterocycles.